The van der Waals surface area contributed by atoms with Crippen molar-refractivity contribution < 1.29 is 23.4 Å². The van der Waals surface area contributed by atoms with E-state index in [-0.39, 0.29) is 16.1 Å². The number of carboxylic acid groups (broad SMARTS) is 1. The van der Waals surface area contributed by atoms with Crippen LogP contribution >= 0.6 is 0 Å². The van der Waals surface area contributed by atoms with Crippen molar-refractivity contribution in [2.45, 2.75) is 18.2 Å². The summed E-state index contributed by atoms with van der Waals surface area (Å²) in [6.07, 6.45) is 2.06. The fraction of sp³-hybridized carbons (Fsp3) is 0.143. The summed E-state index contributed by atoms with van der Waals surface area (Å²) in [5.41, 5.74) is 0.544. The van der Waals surface area contributed by atoms with Gasteiger partial charge in [0.15, 0.2) is 0 Å². The van der Waals surface area contributed by atoms with E-state index in [2.05, 4.69) is 9.71 Å². The van der Waals surface area contributed by atoms with E-state index in [0.717, 1.165) is 11.6 Å². The molecule has 2 rings (SSSR count). The van der Waals surface area contributed by atoms with Gasteiger partial charge in [-0.1, -0.05) is 13.0 Å². The van der Waals surface area contributed by atoms with Gasteiger partial charge in [0, 0.05) is 6.20 Å². The second-order valence-electron chi connectivity index (χ2n) is 4.51. The highest BCUT2D eigenvalue weighted by atomic mass is 32.2. The Labute approximate surface area is 127 Å². The second-order valence-corrected chi connectivity index (χ2v) is 6.19. The number of aromatic hydroxyl groups is 1. The summed E-state index contributed by atoms with van der Waals surface area (Å²) in [5.74, 6) is -1.68. The number of nitrogens with one attached hydrogen (secondary N) is 1. The van der Waals surface area contributed by atoms with Gasteiger partial charge < -0.3 is 10.2 Å². The van der Waals surface area contributed by atoms with Crippen molar-refractivity contribution in [2.75, 3.05) is 4.72 Å². The normalized spacial score (nSPS) is 11.1. The summed E-state index contributed by atoms with van der Waals surface area (Å²) in [7, 11) is -4.03. The van der Waals surface area contributed by atoms with Crippen LogP contribution in [0.2, 0.25) is 0 Å². The van der Waals surface area contributed by atoms with Gasteiger partial charge in [-0.3, -0.25) is 4.72 Å². The van der Waals surface area contributed by atoms with Crippen molar-refractivity contribution in [3.63, 3.8) is 0 Å². The van der Waals surface area contributed by atoms with Crippen LogP contribution in [0, 0.1) is 0 Å². The number of aryl methyl sites for hydroxylation is 1. The van der Waals surface area contributed by atoms with E-state index >= 15 is 0 Å². The van der Waals surface area contributed by atoms with E-state index in [0.29, 0.717) is 6.42 Å². The number of aromatic carboxylic acids is 1. The number of rotatable bonds is 5. The number of carboxylic acids is 1. The summed E-state index contributed by atoms with van der Waals surface area (Å²) in [6.45, 7) is 1.86. The summed E-state index contributed by atoms with van der Waals surface area (Å²) in [4.78, 5) is 14.4. The molecule has 1 aromatic carbocycles. The van der Waals surface area contributed by atoms with E-state index in [9.17, 15) is 18.3 Å². The first kappa shape index (κ1) is 15.8. The van der Waals surface area contributed by atoms with Crippen molar-refractivity contribution in [3.05, 3.63) is 47.7 Å². The molecule has 0 saturated heterocycles. The maximum atomic E-state index is 12.3. The molecule has 0 aliphatic carbocycles. The molecule has 0 amide bonds. The van der Waals surface area contributed by atoms with Crippen LogP contribution < -0.4 is 4.72 Å². The third-order valence-electron chi connectivity index (χ3n) is 2.97. The van der Waals surface area contributed by atoms with Gasteiger partial charge in [-0.2, -0.15) is 0 Å². The molecule has 7 nitrogen and oxygen atoms in total. The van der Waals surface area contributed by atoms with Crippen molar-refractivity contribution in [1.82, 2.24) is 4.98 Å². The van der Waals surface area contributed by atoms with Crippen molar-refractivity contribution in [1.29, 1.82) is 0 Å². The lowest BCUT2D eigenvalue weighted by Gasteiger charge is -2.10. The first-order valence-corrected chi connectivity index (χ1v) is 7.86. The highest BCUT2D eigenvalue weighted by Crippen LogP contribution is 2.25. The molecule has 0 radical (unpaired) electrons. The van der Waals surface area contributed by atoms with E-state index < -0.39 is 21.9 Å². The summed E-state index contributed by atoms with van der Waals surface area (Å²) in [6, 6.07) is 6.40. The van der Waals surface area contributed by atoms with Crippen LogP contribution in [0.25, 0.3) is 0 Å². The number of benzene rings is 1. The SMILES string of the molecule is CCc1cnc(O)c(NS(=O)(=O)c2cccc(C(=O)O)c2)c1. The molecule has 8 heteroatoms. The van der Waals surface area contributed by atoms with Crippen molar-refractivity contribution in [3.8, 4) is 5.88 Å². The average Bonchev–Trinajstić information content (AvgIpc) is 2.49. The number of hydrogen-bond donors (Lipinski definition) is 3. The standard InChI is InChI=1S/C14H14N2O5S/c1-2-9-6-12(13(17)15-8-9)16-22(20,21)11-5-3-4-10(7-11)14(18)19/h3-8,16H,2H2,1H3,(H,15,17)(H,18,19). The number of nitrogens with zero attached hydrogens (tertiary/aromatic N) is 1. The predicted molar refractivity (Wildman–Crippen MR) is 79.5 cm³/mol. The van der Waals surface area contributed by atoms with Gasteiger partial charge in [0.05, 0.1) is 10.5 Å². The van der Waals surface area contributed by atoms with Crippen molar-refractivity contribution >= 4 is 21.7 Å². The minimum absolute atomic E-state index is 0.0555. The Kier molecular flexibility index (Phi) is 4.32. The van der Waals surface area contributed by atoms with Gasteiger partial charge in [-0.05, 0) is 36.2 Å². The second kappa shape index (κ2) is 6.02. The molecule has 0 aliphatic heterocycles. The third kappa shape index (κ3) is 3.34. The Morgan fingerprint density at radius 2 is 2.05 bits per heavy atom. The highest BCUT2D eigenvalue weighted by molar-refractivity contribution is 7.92. The molecular weight excluding hydrogens is 308 g/mol. The van der Waals surface area contributed by atoms with Crippen LogP contribution in [0.4, 0.5) is 5.69 Å². The molecule has 1 aromatic heterocycles. The van der Waals surface area contributed by atoms with Gasteiger partial charge in [0.1, 0.15) is 5.69 Å². The molecule has 0 saturated carbocycles. The number of pyridine rings is 1. The molecule has 0 fully saturated rings. The van der Waals surface area contributed by atoms with E-state index in [4.69, 9.17) is 5.11 Å². The quantitative estimate of drug-likeness (QED) is 0.773. The molecular formula is C14H14N2O5S. The zero-order valence-corrected chi connectivity index (χ0v) is 12.5. The molecule has 0 bridgehead atoms. The van der Waals surface area contributed by atoms with Gasteiger partial charge >= 0.3 is 5.97 Å². The zero-order valence-electron chi connectivity index (χ0n) is 11.6. The third-order valence-corrected chi connectivity index (χ3v) is 4.33. The van der Waals surface area contributed by atoms with E-state index in [1.807, 2.05) is 6.92 Å². The molecule has 22 heavy (non-hydrogen) atoms. The zero-order chi connectivity index (χ0) is 16.3. The summed E-state index contributed by atoms with van der Waals surface area (Å²) >= 11 is 0. The van der Waals surface area contributed by atoms with Crippen LogP contribution in [0.5, 0.6) is 5.88 Å². The molecule has 3 N–H and O–H groups in total. The minimum Gasteiger partial charge on any atom is -0.492 e. The maximum absolute atomic E-state index is 12.3. The van der Waals surface area contributed by atoms with Crippen LogP contribution in [-0.2, 0) is 16.4 Å². The molecule has 0 spiro atoms. The lowest BCUT2D eigenvalue weighted by atomic mass is 10.2. The van der Waals surface area contributed by atoms with E-state index in [1.165, 1.54) is 30.5 Å². The highest BCUT2D eigenvalue weighted by Gasteiger charge is 2.18. The van der Waals surface area contributed by atoms with Gasteiger partial charge in [0.25, 0.3) is 10.0 Å². The van der Waals surface area contributed by atoms with Crippen LogP contribution in [0.3, 0.4) is 0 Å². The lowest BCUT2D eigenvalue weighted by Crippen LogP contribution is -2.14. The van der Waals surface area contributed by atoms with Crippen molar-refractivity contribution in [2.24, 2.45) is 0 Å². The Balaban J connectivity index is 2.40. The molecule has 116 valence electrons. The largest absolute Gasteiger partial charge is 0.492 e. The Morgan fingerprint density at radius 1 is 1.32 bits per heavy atom. The Morgan fingerprint density at radius 3 is 2.68 bits per heavy atom. The van der Waals surface area contributed by atoms with E-state index in [1.54, 1.807) is 0 Å². The lowest BCUT2D eigenvalue weighted by molar-refractivity contribution is 0.0696. The summed E-state index contributed by atoms with van der Waals surface area (Å²) in [5, 5.41) is 18.6. The number of anilines is 1. The average molecular weight is 322 g/mol. The van der Waals surface area contributed by atoms with Crippen LogP contribution in [0.1, 0.15) is 22.8 Å². The summed E-state index contributed by atoms with van der Waals surface area (Å²) < 4.78 is 26.8. The molecule has 0 aliphatic rings. The number of aromatic nitrogens is 1. The van der Waals surface area contributed by atoms with Crippen LogP contribution in [0.15, 0.2) is 41.4 Å². The fourth-order valence-electron chi connectivity index (χ4n) is 1.77. The number of hydrogen-bond acceptors (Lipinski definition) is 5. The van der Waals surface area contributed by atoms with Gasteiger partial charge in [-0.25, -0.2) is 18.2 Å². The Hall–Kier alpha value is -2.61. The minimum atomic E-state index is -4.03. The maximum Gasteiger partial charge on any atom is 0.335 e. The molecule has 0 unspecified atom stereocenters. The number of carbonyl (C=O) groups is 1. The van der Waals surface area contributed by atoms with Gasteiger partial charge in [0.2, 0.25) is 5.88 Å². The predicted octanol–water partition coefficient (Wildman–Crippen LogP) is 1.85. The van der Waals surface area contributed by atoms with Gasteiger partial charge in [-0.15, -0.1) is 0 Å². The van der Waals surface area contributed by atoms with Crippen LogP contribution in [-0.4, -0.2) is 29.6 Å². The Bertz CT molecular complexity index is 818. The smallest absolute Gasteiger partial charge is 0.335 e. The fourth-order valence-corrected chi connectivity index (χ4v) is 2.87. The molecule has 1 heterocycles. The first-order chi connectivity index (χ1) is 10.3. The molecule has 2 aromatic rings. The first-order valence-electron chi connectivity index (χ1n) is 6.37. The monoisotopic (exact) mass is 322 g/mol. The molecule has 0 atom stereocenters. The topological polar surface area (TPSA) is 117 Å². The number of sulfonamides is 1.